The van der Waals surface area contributed by atoms with Crippen molar-refractivity contribution in [2.24, 2.45) is 0 Å². The average Bonchev–Trinajstić information content (AvgIpc) is 2.93. The average molecular weight is 325 g/mol. The van der Waals surface area contributed by atoms with Gasteiger partial charge in [-0.1, -0.05) is 19.3 Å². The van der Waals surface area contributed by atoms with Crippen LogP contribution in [0.3, 0.4) is 0 Å². The summed E-state index contributed by atoms with van der Waals surface area (Å²) in [4.78, 5) is 28.4. The van der Waals surface area contributed by atoms with Gasteiger partial charge in [0.15, 0.2) is 11.0 Å². The van der Waals surface area contributed by atoms with Crippen LogP contribution in [0.4, 0.5) is 0 Å². The van der Waals surface area contributed by atoms with Crippen molar-refractivity contribution >= 4 is 23.4 Å². The molecule has 0 N–H and O–H groups in total. The van der Waals surface area contributed by atoms with Gasteiger partial charge in [0.1, 0.15) is 0 Å². The van der Waals surface area contributed by atoms with Crippen molar-refractivity contribution in [3.05, 3.63) is 23.1 Å². The van der Waals surface area contributed by atoms with Crippen molar-refractivity contribution in [2.75, 3.05) is 19.6 Å². The molecule has 3 rings (SSSR count). The standard InChI is InChI=1S/C16H21ClN2O3/c1-12(20)19-10-9-18(11-16(19)7-3-2-4-8-16)15(21)13-5-6-14(17)22-13/h5-6H,2-4,7-11H2,1H3. The minimum Gasteiger partial charge on any atom is -0.440 e. The Morgan fingerprint density at radius 1 is 1.18 bits per heavy atom. The topological polar surface area (TPSA) is 53.8 Å². The van der Waals surface area contributed by atoms with Gasteiger partial charge in [0, 0.05) is 26.6 Å². The quantitative estimate of drug-likeness (QED) is 0.798. The molecular weight excluding hydrogens is 304 g/mol. The first-order valence-electron chi connectivity index (χ1n) is 7.85. The van der Waals surface area contributed by atoms with E-state index in [0.717, 1.165) is 25.7 Å². The van der Waals surface area contributed by atoms with Crippen LogP contribution in [0, 0.1) is 0 Å². The molecule has 1 saturated heterocycles. The predicted octanol–water partition coefficient (Wildman–Crippen LogP) is 2.94. The van der Waals surface area contributed by atoms with Gasteiger partial charge in [-0.05, 0) is 36.6 Å². The number of furan rings is 1. The number of rotatable bonds is 1. The predicted molar refractivity (Wildman–Crippen MR) is 82.8 cm³/mol. The fourth-order valence-electron chi connectivity index (χ4n) is 3.87. The Morgan fingerprint density at radius 3 is 2.50 bits per heavy atom. The molecule has 0 atom stereocenters. The molecule has 0 radical (unpaired) electrons. The fraction of sp³-hybridized carbons (Fsp3) is 0.625. The number of halogens is 1. The van der Waals surface area contributed by atoms with Gasteiger partial charge in [-0.2, -0.15) is 0 Å². The van der Waals surface area contributed by atoms with Crippen molar-refractivity contribution in [1.82, 2.24) is 9.80 Å². The molecule has 2 fully saturated rings. The smallest absolute Gasteiger partial charge is 0.289 e. The van der Waals surface area contributed by atoms with E-state index in [1.165, 1.54) is 6.42 Å². The van der Waals surface area contributed by atoms with Crippen LogP contribution < -0.4 is 0 Å². The van der Waals surface area contributed by atoms with Crippen molar-refractivity contribution in [3.8, 4) is 0 Å². The maximum absolute atomic E-state index is 12.6. The molecule has 0 unspecified atom stereocenters. The number of carbonyl (C=O) groups is 2. The first-order valence-corrected chi connectivity index (χ1v) is 8.22. The molecule has 120 valence electrons. The van der Waals surface area contributed by atoms with Gasteiger partial charge < -0.3 is 14.2 Å². The normalized spacial score (nSPS) is 21.2. The monoisotopic (exact) mass is 324 g/mol. The van der Waals surface area contributed by atoms with Gasteiger partial charge in [0.05, 0.1) is 5.54 Å². The van der Waals surface area contributed by atoms with Gasteiger partial charge in [-0.25, -0.2) is 0 Å². The molecule has 1 aliphatic carbocycles. The summed E-state index contributed by atoms with van der Waals surface area (Å²) in [6, 6.07) is 3.19. The van der Waals surface area contributed by atoms with Crippen LogP contribution in [0.2, 0.25) is 5.22 Å². The summed E-state index contributed by atoms with van der Waals surface area (Å²) >= 11 is 5.76. The maximum Gasteiger partial charge on any atom is 0.289 e. The number of amides is 2. The third-order valence-corrected chi connectivity index (χ3v) is 5.09. The molecule has 1 aliphatic heterocycles. The zero-order valence-corrected chi connectivity index (χ0v) is 13.6. The number of carbonyl (C=O) groups excluding carboxylic acids is 2. The Kier molecular flexibility index (Phi) is 4.17. The summed E-state index contributed by atoms with van der Waals surface area (Å²) < 4.78 is 5.24. The molecule has 2 heterocycles. The summed E-state index contributed by atoms with van der Waals surface area (Å²) in [7, 11) is 0. The molecular formula is C16H21ClN2O3. The number of hydrogen-bond acceptors (Lipinski definition) is 3. The van der Waals surface area contributed by atoms with E-state index in [-0.39, 0.29) is 28.3 Å². The second kappa shape index (κ2) is 5.95. The van der Waals surface area contributed by atoms with E-state index in [0.29, 0.717) is 19.6 Å². The van der Waals surface area contributed by atoms with E-state index in [4.69, 9.17) is 16.0 Å². The summed E-state index contributed by atoms with van der Waals surface area (Å²) in [5.41, 5.74) is -0.200. The van der Waals surface area contributed by atoms with Gasteiger partial charge in [0.25, 0.3) is 5.91 Å². The van der Waals surface area contributed by atoms with Crippen molar-refractivity contribution in [3.63, 3.8) is 0 Å². The zero-order chi connectivity index (χ0) is 15.7. The van der Waals surface area contributed by atoms with E-state index in [1.807, 2.05) is 4.90 Å². The summed E-state index contributed by atoms with van der Waals surface area (Å²) in [5.74, 6) is 0.238. The Balaban J connectivity index is 1.81. The summed E-state index contributed by atoms with van der Waals surface area (Å²) in [6.07, 6.45) is 5.36. The zero-order valence-electron chi connectivity index (χ0n) is 12.8. The lowest BCUT2D eigenvalue weighted by Gasteiger charge is -2.52. The highest BCUT2D eigenvalue weighted by Gasteiger charge is 2.45. The molecule has 5 nitrogen and oxygen atoms in total. The van der Waals surface area contributed by atoms with Gasteiger partial charge >= 0.3 is 0 Å². The van der Waals surface area contributed by atoms with Crippen LogP contribution in [0.15, 0.2) is 16.5 Å². The van der Waals surface area contributed by atoms with Crippen molar-refractivity contribution in [1.29, 1.82) is 0 Å². The summed E-state index contributed by atoms with van der Waals surface area (Å²) in [5, 5.41) is 0.220. The third kappa shape index (κ3) is 2.74. The Labute approximate surface area is 135 Å². The minimum atomic E-state index is -0.200. The lowest BCUT2D eigenvalue weighted by atomic mass is 9.78. The fourth-order valence-corrected chi connectivity index (χ4v) is 4.01. The molecule has 0 aromatic carbocycles. The van der Waals surface area contributed by atoms with Crippen molar-refractivity contribution in [2.45, 2.75) is 44.6 Å². The van der Waals surface area contributed by atoms with E-state index < -0.39 is 0 Å². The lowest BCUT2D eigenvalue weighted by molar-refractivity contribution is -0.141. The number of nitrogens with zero attached hydrogens (tertiary/aromatic N) is 2. The Hall–Kier alpha value is -1.49. The van der Waals surface area contributed by atoms with E-state index in [1.54, 1.807) is 24.0 Å². The highest BCUT2D eigenvalue weighted by atomic mass is 35.5. The van der Waals surface area contributed by atoms with Gasteiger partial charge in [-0.3, -0.25) is 9.59 Å². The third-order valence-electron chi connectivity index (χ3n) is 4.89. The number of piperazine rings is 1. The van der Waals surface area contributed by atoms with Crippen LogP contribution in [0.25, 0.3) is 0 Å². The van der Waals surface area contributed by atoms with Crippen LogP contribution in [0.1, 0.15) is 49.6 Å². The van der Waals surface area contributed by atoms with E-state index in [9.17, 15) is 9.59 Å². The minimum absolute atomic E-state index is 0.107. The Morgan fingerprint density at radius 2 is 1.91 bits per heavy atom. The second-order valence-electron chi connectivity index (χ2n) is 6.29. The van der Waals surface area contributed by atoms with Crippen LogP contribution >= 0.6 is 11.6 Å². The molecule has 2 amide bonds. The molecule has 6 heteroatoms. The van der Waals surface area contributed by atoms with E-state index >= 15 is 0 Å². The molecule has 22 heavy (non-hydrogen) atoms. The first-order chi connectivity index (χ1) is 10.5. The van der Waals surface area contributed by atoms with Gasteiger partial charge in [0.2, 0.25) is 5.91 Å². The molecule has 2 aliphatic rings. The Bertz CT molecular complexity index is 578. The van der Waals surface area contributed by atoms with E-state index in [2.05, 4.69) is 0 Å². The number of hydrogen-bond donors (Lipinski definition) is 0. The second-order valence-corrected chi connectivity index (χ2v) is 6.66. The van der Waals surface area contributed by atoms with Crippen LogP contribution in [-0.4, -0.2) is 46.8 Å². The highest BCUT2D eigenvalue weighted by Crippen LogP contribution is 2.37. The molecule has 1 aromatic heterocycles. The molecule has 1 saturated carbocycles. The first kappa shape index (κ1) is 15.4. The lowest BCUT2D eigenvalue weighted by Crippen LogP contribution is -2.65. The maximum atomic E-state index is 12.6. The van der Waals surface area contributed by atoms with Crippen molar-refractivity contribution < 1.29 is 14.0 Å². The summed E-state index contributed by atoms with van der Waals surface area (Å²) in [6.45, 7) is 3.35. The largest absolute Gasteiger partial charge is 0.440 e. The molecule has 1 spiro atoms. The van der Waals surface area contributed by atoms with Gasteiger partial charge in [-0.15, -0.1) is 0 Å². The SMILES string of the molecule is CC(=O)N1CCN(C(=O)c2ccc(Cl)o2)CC12CCCCC2. The molecule has 0 bridgehead atoms. The van der Waals surface area contributed by atoms with Crippen LogP contribution in [-0.2, 0) is 4.79 Å². The highest BCUT2D eigenvalue weighted by molar-refractivity contribution is 6.29. The molecule has 1 aromatic rings. The van der Waals surface area contributed by atoms with Crippen LogP contribution in [0.5, 0.6) is 0 Å².